The molecule has 0 fully saturated rings. The maximum absolute atomic E-state index is 5.66. The van der Waals surface area contributed by atoms with Gasteiger partial charge in [-0.2, -0.15) is 0 Å². The van der Waals surface area contributed by atoms with Crippen LogP contribution in [-0.4, -0.2) is 9.97 Å². The molecule has 0 radical (unpaired) electrons. The molecule has 0 aliphatic carbocycles. The Morgan fingerprint density at radius 3 is 1.37 bits per heavy atom. The van der Waals surface area contributed by atoms with E-state index in [2.05, 4.69) is 206 Å². The minimum Gasteiger partial charge on any atom is -0.228 e. The van der Waals surface area contributed by atoms with Crippen LogP contribution in [0.25, 0.3) is 118 Å². The third kappa shape index (κ3) is 5.76. The van der Waals surface area contributed by atoms with Crippen LogP contribution in [0.3, 0.4) is 0 Å². The van der Waals surface area contributed by atoms with Crippen molar-refractivity contribution in [1.82, 2.24) is 9.97 Å². The van der Waals surface area contributed by atoms with Gasteiger partial charge in [-0.3, -0.25) is 0 Å². The predicted molar refractivity (Wildman–Crippen MR) is 258 cm³/mol. The van der Waals surface area contributed by atoms with Crippen LogP contribution in [0.2, 0.25) is 0 Å². The average molecular weight is 799 g/mol. The molecule has 0 aliphatic heterocycles. The van der Waals surface area contributed by atoms with E-state index in [0.717, 1.165) is 55.5 Å². The summed E-state index contributed by atoms with van der Waals surface area (Å²) in [7, 11) is 0. The first kappa shape index (κ1) is 34.8. The molecule has 4 heteroatoms. The van der Waals surface area contributed by atoms with Crippen molar-refractivity contribution < 1.29 is 0 Å². The van der Waals surface area contributed by atoms with Gasteiger partial charge in [-0.15, -0.1) is 22.7 Å². The molecule has 12 aromatic rings. The van der Waals surface area contributed by atoms with E-state index in [1.54, 1.807) is 0 Å². The molecule has 0 aliphatic rings. The van der Waals surface area contributed by atoms with Crippen molar-refractivity contribution in [3.8, 4) is 67.3 Å². The summed E-state index contributed by atoms with van der Waals surface area (Å²) in [6.07, 6.45) is 0. The fraction of sp³-hybridized carbons (Fsp3) is 0. The summed E-state index contributed by atoms with van der Waals surface area (Å²) < 4.78 is 5.00. The van der Waals surface area contributed by atoms with Crippen molar-refractivity contribution in [1.29, 1.82) is 0 Å². The van der Waals surface area contributed by atoms with Gasteiger partial charge in [0.25, 0.3) is 0 Å². The number of thiophene rings is 2. The zero-order valence-corrected chi connectivity index (χ0v) is 34.0. The molecule has 12 rings (SSSR count). The van der Waals surface area contributed by atoms with E-state index < -0.39 is 0 Å². The summed E-state index contributed by atoms with van der Waals surface area (Å²) >= 11 is 3.67. The quantitative estimate of drug-likeness (QED) is 0.167. The maximum atomic E-state index is 5.66. The third-order valence-electron chi connectivity index (χ3n) is 11.7. The third-order valence-corrected chi connectivity index (χ3v) is 14.2. The molecule has 60 heavy (non-hydrogen) atoms. The van der Waals surface area contributed by atoms with Crippen LogP contribution in [0.5, 0.6) is 0 Å². The van der Waals surface area contributed by atoms with Crippen LogP contribution >= 0.6 is 22.7 Å². The number of nitrogens with zero attached hydrogens (tertiary/aromatic N) is 2. The fourth-order valence-electron chi connectivity index (χ4n) is 8.93. The first-order chi connectivity index (χ1) is 29.7. The van der Waals surface area contributed by atoms with Gasteiger partial charge in [-0.05, 0) is 74.5 Å². The molecule has 0 spiro atoms. The van der Waals surface area contributed by atoms with Crippen molar-refractivity contribution in [3.05, 3.63) is 206 Å². The van der Waals surface area contributed by atoms with Gasteiger partial charge in [0.1, 0.15) is 0 Å². The molecular formula is C56H34N2S2. The Morgan fingerprint density at radius 1 is 0.283 bits per heavy atom. The Balaban J connectivity index is 1.19. The number of fused-ring (bicyclic) bond motifs is 7. The highest BCUT2D eigenvalue weighted by atomic mass is 32.1. The van der Waals surface area contributed by atoms with E-state index in [9.17, 15) is 0 Å². The largest absolute Gasteiger partial charge is 0.228 e. The molecular weight excluding hydrogens is 765 g/mol. The van der Waals surface area contributed by atoms with Crippen molar-refractivity contribution in [3.63, 3.8) is 0 Å². The highest BCUT2D eigenvalue weighted by molar-refractivity contribution is 7.26. The Bertz CT molecular complexity index is 3470. The second kappa shape index (κ2) is 14.2. The number of aromatic nitrogens is 2. The topological polar surface area (TPSA) is 25.8 Å². The van der Waals surface area contributed by atoms with E-state index in [1.165, 1.54) is 57.0 Å². The highest BCUT2D eigenvalue weighted by Crippen LogP contribution is 2.46. The second-order valence-corrected chi connectivity index (χ2v) is 17.3. The number of hydrogen-bond donors (Lipinski definition) is 0. The standard InChI is InChI=1S/C56H34N2S2/c1-3-16-35(17-4-1)37-20-13-21-38(32-37)48-33-47(36-18-5-2-6-19-36)39-22-7-8-25-42(39)53(48)56-57-49(45-28-14-26-43-40-23-9-11-30-51(40)59-54(43)45)34-50(58-56)46-29-15-27-44-41-24-10-12-31-52(41)60-55(44)46/h1-34H. The van der Waals surface area contributed by atoms with Gasteiger partial charge < -0.3 is 0 Å². The van der Waals surface area contributed by atoms with Crippen LogP contribution in [-0.2, 0) is 0 Å². The van der Waals surface area contributed by atoms with E-state index >= 15 is 0 Å². The van der Waals surface area contributed by atoms with E-state index in [1.807, 2.05) is 22.7 Å². The predicted octanol–water partition coefficient (Wildman–Crippen LogP) is 16.4. The van der Waals surface area contributed by atoms with Crippen molar-refractivity contribution >= 4 is 73.8 Å². The first-order valence-corrected chi connectivity index (χ1v) is 21.9. The lowest BCUT2D eigenvalue weighted by Gasteiger charge is -2.19. The molecule has 0 saturated heterocycles. The van der Waals surface area contributed by atoms with Gasteiger partial charge in [0.2, 0.25) is 0 Å². The monoisotopic (exact) mass is 798 g/mol. The zero-order chi connectivity index (χ0) is 39.6. The Hall–Kier alpha value is -7.24. The summed E-state index contributed by atoms with van der Waals surface area (Å²) in [4.78, 5) is 11.3. The van der Waals surface area contributed by atoms with E-state index in [0.29, 0.717) is 5.82 Å². The summed E-state index contributed by atoms with van der Waals surface area (Å²) in [6.45, 7) is 0. The summed E-state index contributed by atoms with van der Waals surface area (Å²) in [6, 6.07) is 74.4. The smallest absolute Gasteiger partial charge is 0.161 e. The lowest BCUT2D eigenvalue weighted by atomic mass is 9.87. The van der Waals surface area contributed by atoms with E-state index in [-0.39, 0.29) is 0 Å². The van der Waals surface area contributed by atoms with Crippen LogP contribution < -0.4 is 0 Å². The molecule has 0 unspecified atom stereocenters. The average Bonchev–Trinajstić information content (AvgIpc) is 3.90. The Morgan fingerprint density at radius 2 is 0.750 bits per heavy atom. The lowest BCUT2D eigenvalue weighted by Crippen LogP contribution is -1.99. The summed E-state index contributed by atoms with van der Waals surface area (Å²) in [5.41, 5.74) is 12.0. The van der Waals surface area contributed by atoms with Crippen LogP contribution in [0.15, 0.2) is 206 Å². The lowest BCUT2D eigenvalue weighted by molar-refractivity contribution is 1.19. The molecule has 2 nitrogen and oxygen atoms in total. The van der Waals surface area contributed by atoms with Gasteiger partial charge >= 0.3 is 0 Å². The molecule has 0 saturated carbocycles. The fourth-order valence-corrected chi connectivity index (χ4v) is 11.4. The SMILES string of the molecule is c1ccc(-c2cccc(-c3cc(-c4ccccc4)c4ccccc4c3-c3nc(-c4cccc5c4sc4ccccc45)cc(-c4cccc5c4sc4ccccc45)n3)c2)cc1. The first-order valence-electron chi connectivity index (χ1n) is 20.2. The molecule has 0 N–H and O–H groups in total. The zero-order valence-electron chi connectivity index (χ0n) is 32.3. The molecule has 3 heterocycles. The van der Waals surface area contributed by atoms with Crippen molar-refractivity contribution in [2.45, 2.75) is 0 Å². The second-order valence-electron chi connectivity index (χ2n) is 15.2. The molecule has 9 aromatic carbocycles. The molecule has 0 atom stereocenters. The molecule has 0 amide bonds. The maximum Gasteiger partial charge on any atom is 0.161 e. The van der Waals surface area contributed by atoms with Gasteiger partial charge in [-0.25, -0.2) is 9.97 Å². The molecule has 0 bridgehead atoms. The van der Waals surface area contributed by atoms with Crippen LogP contribution in [0.4, 0.5) is 0 Å². The summed E-state index contributed by atoms with van der Waals surface area (Å²) in [5, 5.41) is 7.31. The Labute approximate surface area is 355 Å². The van der Waals surface area contributed by atoms with E-state index in [4.69, 9.17) is 9.97 Å². The van der Waals surface area contributed by atoms with Crippen molar-refractivity contribution in [2.75, 3.05) is 0 Å². The van der Waals surface area contributed by atoms with Crippen LogP contribution in [0.1, 0.15) is 0 Å². The van der Waals surface area contributed by atoms with Crippen molar-refractivity contribution in [2.24, 2.45) is 0 Å². The molecule has 280 valence electrons. The minimum atomic E-state index is 0.703. The van der Waals surface area contributed by atoms with Gasteiger partial charge in [-0.1, -0.05) is 176 Å². The number of rotatable bonds is 6. The van der Waals surface area contributed by atoms with Gasteiger partial charge in [0.05, 0.1) is 11.4 Å². The molecule has 3 aromatic heterocycles. The van der Waals surface area contributed by atoms with Gasteiger partial charge in [0, 0.05) is 57.0 Å². The highest BCUT2D eigenvalue weighted by Gasteiger charge is 2.23. The van der Waals surface area contributed by atoms with Crippen LogP contribution in [0, 0.1) is 0 Å². The number of benzene rings is 9. The van der Waals surface area contributed by atoms with Gasteiger partial charge in [0.15, 0.2) is 5.82 Å². The normalized spacial score (nSPS) is 11.7. The Kier molecular flexibility index (Phi) is 8.25. The summed E-state index contributed by atoms with van der Waals surface area (Å²) in [5.74, 6) is 0.703. The number of hydrogen-bond acceptors (Lipinski definition) is 4. The minimum absolute atomic E-state index is 0.703.